The second-order valence-electron chi connectivity index (χ2n) is 33.3. The smallest absolute Gasteiger partial charge is 0.296 e. The Morgan fingerprint density at radius 1 is 0.300 bits per heavy atom. The van der Waals surface area contributed by atoms with Gasteiger partial charge in [-0.3, -0.25) is 27.3 Å². The maximum atomic E-state index is 13.0. The molecule has 2 aromatic heterocycles. The molecule has 0 amide bonds. The number of anilines is 6. The van der Waals surface area contributed by atoms with E-state index in [4.69, 9.17) is 44.1 Å². The highest BCUT2D eigenvalue weighted by atomic mass is 32.2. The van der Waals surface area contributed by atoms with Gasteiger partial charge in [0.2, 0.25) is 23.8 Å². The number of nitrogens with one attached hydrogen (secondary N) is 2. The van der Waals surface area contributed by atoms with Gasteiger partial charge in [-0.05, 0) is 263 Å². The molecular weight excluding hydrogens is 2060 g/mol. The van der Waals surface area contributed by atoms with Gasteiger partial charge in [-0.2, -0.15) is 147 Å². The van der Waals surface area contributed by atoms with Crippen molar-refractivity contribution in [2.45, 2.75) is 86.3 Å². The number of azo groups is 8. The van der Waals surface area contributed by atoms with Crippen LogP contribution in [0.3, 0.4) is 0 Å². The molecule has 0 unspecified atom stereocenters. The first-order valence-corrected chi connectivity index (χ1v) is 54.4. The minimum Gasteiger partial charge on any atom is -0.493 e. The van der Waals surface area contributed by atoms with E-state index in [1.165, 1.54) is 72.8 Å². The maximum Gasteiger partial charge on any atom is 0.296 e. The fourth-order valence-electron chi connectivity index (χ4n) is 14.4. The van der Waals surface area contributed by atoms with Crippen molar-refractivity contribution >= 4 is 187 Å². The highest BCUT2D eigenvalue weighted by molar-refractivity contribution is 7.87. The molecule has 0 bridgehead atoms. The zero-order valence-electron chi connectivity index (χ0n) is 80.1. The van der Waals surface area contributed by atoms with E-state index in [1.807, 2.05) is 16.7 Å². The summed E-state index contributed by atoms with van der Waals surface area (Å²) in [7, 11) is -27.5. The van der Waals surface area contributed by atoms with Crippen molar-refractivity contribution in [2.24, 2.45) is 81.8 Å². The molecule has 53 heteroatoms. The zero-order valence-corrected chi connectivity index (χ0v) is 85.0. The van der Waals surface area contributed by atoms with Gasteiger partial charge in [-0.25, -0.2) is 4.98 Å². The Bertz CT molecular complexity index is 8360. The lowest BCUT2D eigenvalue weighted by molar-refractivity contribution is 0.313. The molecular formula is C97H92N26O21S6. The van der Waals surface area contributed by atoms with Crippen LogP contribution in [0.15, 0.2) is 350 Å². The number of ether oxygens (including phenoxy) is 3. The Morgan fingerprint density at radius 2 is 0.620 bits per heavy atom. The van der Waals surface area contributed by atoms with Crippen molar-refractivity contribution in [1.82, 2.24) is 29.9 Å². The standard InChI is InChI=1S/C97H92N26O21S6/c1-6-45-142-87-59-84(121-118-82-40-33-77(57-91(82)150(139,140)141)115-107-68-17-11-8-12-18-68)62(3)51-65(87)54-92-100-93(55-66-50-61(2)83(58-88(66)143-46-13-48-145(124,125)126)119-112-71-23-19-69(20-24-71)108-110-73-27-34-78(35-28-73)147(130,131)132)102-96(101-92)122-41-43-123(44-42-122)97-104-94(98-75-31-38-80(63(4)52-75)116-117-81-39-32-76(56-90(81)149(136,137)138)114-106-67-15-9-7-10-16-67)103-95(105-97)99-86-53-64(5)85(60-89(86)144-47-14-49-146(127,128)129)120-113-72-25-21-70(22-26-72)109-111-74-29-36-79(37-30-74)148(133,134)135/h7-12,15-40,50-53,56-60H,6,13-14,41-49,54-55H2,1-5H3,(H,124,125,126)(H,127,128,129)(H,130,131,132)(H,133,134,135)(H,136,137,138)(H,139,140,141)(H2,98,99,103,104,105). The number of hydrogen-bond donors (Lipinski definition) is 8. The van der Waals surface area contributed by atoms with Gasteiger partial charge in [0.05, 0.1) is 126 Å². The summed E-state index contributed by atoms with van der Waals surface area (Å²) in [5.41, 5.74) is 8.02. The van der Waals surface area contributed by atoms with Crippen LogP contribution in [0.25, 0.3) is 0 Å². The molecule has 772 valence electrons. The second kappa shape index (κ2) is 48.0. The van der Waals surface area contributed by atoms with Gasteiger partial charge < -0.3 is 34.6 Å². The van der Waals surface area contributed by atoms with Crippen molar-refractivity contribution in [2.75, 3.05) is 77.9 Å². The Morgan fingerprint density at radius 3 is 1.01 bits per heavy atom. The summed E-state index contributed by atoms with van der Waals surface area (Å²) in [4.78, 5) is 32.3. The largest absolute Gasteiger partial charge is 0.493 e. The van der Waals surface area contributed by atoms with Crippen molar-refractivity contribution in [3.05, 3.63) is 294 Å². The van der Waals surface area contributed by atoms with E-state index in [9.17, 15) is 77.8 Å². The zero-order chi connectivity index (χ0) is 106. The van der Waals surface area contributed by atoms with Crippen molar-refractivity contribution in [1.29, 1.82) is 0 Å². The van der Waals surface area contributed by atoms with E-state index in [0.29, 0.717) is 108 Å². The van der Waals surface area contributed by atoms with Crippen LogP contribution in [0.4, 0.5) is 126 Å². The molecule has 0 aliphatic carbocycles. The van der Waals surface area contributed by atoms with Crippen LogP contribution in [0.2, 0.25) is 0 Å². The molecule has 14 aromatic rings. The van der Waals surface area contributed by atoms with E-state index in [2.05, 4.69) is 92.5 Å². The maximum absolute atomic E-state index is 13.0. The molecule has 15 rings (SSSR count). The van der Waals surface area contributed by atoms with Gasteiger partial charge in [-0.1, -0.05) is 43.3 Å². The van der Waals surface area contributed by atoms with Gasteiger partial charge in [0.1, 0.15) is 50.1 Å². The third kappa shape index (κ3) is 31.1. The predicted molar refractivity (Wildman–Crippen MR) is 554 cm³/mol. The van der Waals surface area contributed by atoms with Crippen molar-refractivity contribution in [3.8, 4) is 17.2 Å². The van der Waals surface area contributed by atoms with Crippen molar-refractivity contribution in [3.63, 3.8) is 0 Å². The number of benzene rings is 12. The molecule has 150 heavy (non-hydrogen) atoms. The summed E-state index contributed by atoms with van der Waals surface area (Å²) in [5, 5.41) is 75.4. The topological polar surface area (TPSA) is 660 Å². The minimum absolute atomic E-state index is 0.0132. The lowest BCUT2D eigenvalue weighted by Crippen LogP contribution is -2.48. The molecule has 12 aromatic carbocycles. The molecule has 1 fully saturated rings. The average molecular weight is 2150 g/mol. The van der Waals surface area contributed by atoms with Crippen LogP contribution in [0.1, 0.15) is 71.2 Å². The number of nitrogens with zero attached hydrogens (tertiary/aromatic N) is 24. The Kier molecular flexibility index (Phi) is 34.5. The first kappa shape index (κ1) is 108. The Balaban J connectivity index is 0.767. The van der Waals surface area contributed by atoms with E-state index >= 15 is 0 Å². The number of piperazine rings is 1. The predicted octanol–water partition coefficient (Wildman–Crippen LogP) is 23.7. The first-order chi connectivity index (χ1) is 71.6. The minimum atomic E-state index is -4.91. The molecule has 1 aliphatic rings. The molecule has 0 spiro atoms. The second-order valence-corrected chi connectivity index (χ2v) is 42.0. The highest BCUT2D eigenvalue weighted by Gasteiger charge is 2.28. The average Bonchev–Trinajstić information content (AvgIpc) is 0.799. The molecule has 8 N–H and O–H groups in total. The molecule has 0 radical (unpaired) electrons. The summed E-state index contributed by atoms with van der Waals surface area (Å²) in [5.74, 6) is 0.0666. The van der Waals surface area contributed by atoms with E-state index in [-0.39, 0.29) is 168 Å². The fourth-order valence-corrected chi connectivity index (χ4v) is 17.6. The number of aromatic nitrogens is 6. The van der Waals surface area contributed by atoms with Crippen LogP contribution in [0.5, 0.6) is 17.2 Å². The normalized spacial score (nSPS) is 13.1. The van der Waals surface area contributed by atoms with Crippen LogP contribution in [0, 0.1) is 27.7 Å². The van der Waals surface area contributed by atoms with Gasteiger partial charge in [0.15, 0.2) is 0 Å². The Hall–Kier alpha value is -16.5. The summed E-state index contributed by atoms with van der Waals surface area (Å²) in [6.07, 6.45) is 0.191. The number of rotatable bonds is 43. The van der Waals surface area contributed by atoms with Crippen LogP contribution < -0.4 is 34.6 Å². The van der Waals surface area contributed by atoms with Crippen molar-refractivity contribution < 1.29 is 92.0 Å². The van der Waals surface area contributed by atoms with Gasteiger partial charge >= 0.3 is 0 Å². The SMILES string of the molecule is CCCOc1cc(N=Nc2ccc(N=Nc3ccccc3)cc2S(=O)(=O)O)c(C)cc1Cc1nc(Cc2cc(C)c(N=Nc3ccc(N=Nc4ccc(S(=O)(=O)O)cc4)cc3)cc2OCCCS(=O)(=O)O)nc(N2CCN(c3nc(Nc4ccc(N=Nc5ccc(N=Nc6ccccc6)cc5S(=O)(=O)O)c(C)c4)nc(Nc4cc(C)c(N=Nc5ccc(N=Nc6ccc(S(=O)(=O)O)cc6)cc5)cc4OCCCS(=O)(=O)O)n3)CC2)n1. The summed E-state index contributed by atoms with van der Waals surface area (Å²) in [6, 6.07) is 63.4. The van der Waals surface area contributed by atoms with Crippen LogP contribution in [-0.4, -0.2) is 165 Å². The molecule has 0 saturated carbocycles. The highest BCUT2D eigenvalue weighted by Crippen LogP contribution is 2.42. The quantitative estimate of drug-likeness (QED) is 0.00999. The number of aryl methyl sites for hydroxylation is 4. The lowest BCUT2D eigenvalue weighted by atomic mass is 10.0. The van der Waals surface area contributed by atoms with E-state index in [1.54, 1.807) is 191 Å². The van der Waals surface area contributed by atoms with Gasteiger partial charge in [-0.15, -0.1) is 10.2 Å². The van der Waals surface area contributed by atoms with E-state index in [0.717, 1.165) is 12.1 Å². The molecule has 0 atom stereocenters. The van der Waals surface area contributed by atoms with E-state index < -0.39 is 82.0 Å². The molecule has 3 heterocycles. The lowest BCUT2D eigenvalue weighted by Gasteiger charge is -2.35. The molecule has 1 saturated heterocycles. The monoisotopic (exact) mass is 2150 g/mol. The first-order valence-electron chi connectivity index (χ1n) is 45.4. The van der Waals surface area contributed by atoms with Crippen LogP contribution in [-0.2, 0) is 73.6 Å². The third-order valence-corrected chi connectivity index (χ3v) is 26.9. The molecule has 1 aliphatic heterocycles. The Labute approximate surface area is 860 Å². The van der Waals surface area contributed by atoms with Gasteiger partial charge in [0, 0.05) is 74.0 Å². The van der Waals surface area contributed by atoms with Gasteiger partial charge in [0.25, 0.3) is 60.7 Å². The summed E-state index contributed by atoms with van der Waals surface area (Å²) >= 11 is 0. The fraction of sp³-hybridized carbons (Fsp3) is 0.196. The summed E-state index contributed by atoms with van der Waals surface area (Å²) in [6.45, 7) is 9.40. The third-order valence-electron chi connectivity index (χ3n) is 21.8. The van der Waals surface area contributed by atoms with Crippen LogP contribution >= 0.6 is 0 Å². The summed E-state index contributed by atoms with van der Waals surface area (Å²) < 4.78 is 225. The number of hydrogen-bond acceptors (Lipinski definition) is 41. The molecule has 47 nitrogen and oxygen atoms in total.